The van der Waals surface area contributed by atoms with Crippen molar-refractivity contribution in [2.24, 2.45) is 0 Å². The Hall–Kier alpha value is -1.19. The van der Waals surface area contributed by atoms with Crippen LogP contribution in [0.1, 0.15) is 6.92 Å². The topological polar surface area (TPSA) is 44.8 Å². The molecule has 0 aromatic heterocycles. The first-order chi connectivity index (χ1) is 5.26. The lowest BCUT2D eigenvalue weighted by Gasteiger charge is -2.04. The molecule has 0 aliphatic heterocycles. The van der Waals surface area contributed by atoms with Gasteiger partial charge in [-0.05, 0) is 6.92 Å². The Labute approximate surface area is 65.7 Å². The first-order valence-electron chi connectivity index (χ1n) is 3.20. The first-order valence-corrected chi connectivity index (χ1v) is 3.20. The van der Waals surface area contributed by atoms with E-state index in [1.807, 2.05) is 0 Å². The van der Waals surface area contributed by atoms with Crippen molar-refractivity contribution in [1.82, 2.24) is 0 Å². The normalized spacial score (nSPS) is 10.6. The summed E-state index contributed by atoms with van der Waals surface area (Å²) in [5, 5.41) is 0. The van der Waals surface area contributed by atoms with Gasteiger partial charge in [-0.3, -0.25) is 0 Å². The summed E-state index contributed by atoms with van der Waals surface area (Å²) in [5.41, 5.74) is 0. The Morgan fingerprint density at radius 2 is 2.09 bits per heavy atom. The van der Waals surface area contributed by atoms with E-state index in [4.69, 9.17) is 4.74 Å². The fraction of sp³-hybridized carbons (Fsp3) is 0.571. The molecule has 11 heavy (non-hydrogen) atoms. The van der Waals surface area contributed by atoms with Crippen LogP contribution < -0.4 is 0 Å². The number of hydrogen-bond acceptors (Lipinski definition) is 4. The van der Waals surface area contributed by atoms with Crippen LogP contribution in [-0.2, 0) is 19.0 Å². The maximum absolute atomic E-state index is 10.8. The Morgan fingerprint density at radius 1 is 1.45 bits per heavy atom. The van der Waals surface area contributed by atoms with Crippen LogP contribution >= 0.6 is 0 Å². The van der Waals surface area contributed by atoms with Crippen LogP contribution in [0.2, 0.25) is 0 Å². The molecule has 4 nitrogen and oxygen atoms in total. The summed E-state index contributed by atoms with van der Waals surface area (Å²) in [4.78, 5) is 10.8. The summed E-state index contributed by atoms with van der Waals surface area (Å²) < 4.78 is 13.9. The highest BCUT2D eigenvalue weighted by Crippen LogP contribution is 1.99. The van der Waals surface area contributed by atoms with E-state index in [2.05, 4.69) is 9.47 Å². The predicted molar refractivity (Wildman–Crippen MR) is 38.7 cm³/mol. The molecule has 0 saturated carbocycles. The number of methoxy groups -OCH3 is 2. The number of hydrogen-bond donors (Lipinski definition) is 0. The summed E-state index contributed by atoms with van der Waals surface area (Å²) in [7, 11) is 2.72. The molecule has 0 aliphatic rings. The first kappa shape index (κ1) is 9.81. The average molecular weight is 160 g/mol. The SMILES string of the molecule is CCOC(=COC)C(=O)OC. The number of carbonyl (C=O) groups excluding carboxylic acids is 1. The van der Waals surface area contributed by atoms with Crippen LogP contribution in [0.5, 0.6) is 0 Å². The molecule has 0 atom stereocenters. The molecule has 0 saturated heterocycles. The van der Waals surface area contributed by atoms with Crippen molar-refractivity contribution >= 4 is 5.97 Å². The fourth-order valence-electron chi connectivity index (χ4n) is 0.504. The van der Waals surface area contributed by atoms with E-state index in [9.17, 15) is 4.79 Å². The summed E-state index contributed by atoms with van der Waals surface area (Å²) >= 11 is 0. The van der Waals surface area contributed by atoms with Gasteiger partial charge < -0.3 is 14.2 Å². The smallest absolute Gasteiger partial charge is 0.376 e. The molecule has 0 spiro atoms. The van der Waals surface area contributed by atoms with Crippen molar-refractivity contribution in [3.05, 3.63) is 12.0 Å². The van der Waals surface area contributed by atoms with Gasteiger partial charge in [-0.25, -0.2) is 4.79 Å². The van der Waals surface area contributed by atoms with Gasteiger partial charge in [-0.2, -0.15) is 0 Å². The van der Waals surface area contributed by atoms with Crippen LogP contribution in [0.15, 0.2) is 12.0 Å². The average Bonchev–Trinajstić information content (AvgIpc) is 2.03. The largest absolute Gasteiger partial charge is 0.500 e. The van der Waals surface area contributed by atoms with Crippen LogP contribution in [0.25, 0.3) is 0 Å². The van der Waals surface area contributed by atoms with E-state index < -0.39 is 5.97 Å². The van der Waals surface area contributed by atoms with Crippen molar-refractivity contribution in [2.45, 2.75) is 6.92 Å². The molecule has 0 fully saturated rings. The van der Waals surface area contributed by atoms with E-state index in [0.29, 0.717) is 6.61 Å². The van der Waals surface area contributed by atoms with Crippen molar-refractivity contribution < 1.29 is 19.0 Å². The highest BCUT2D eigenvalue weighted by Gasteiger charge is 2.09. The van der Waals surface area contributed by atoms with Gasteiger partial charge in [0.2, 0.25) is 5.76 Å². The minimum Gasteiger partial charge on any atom is -0.500 e. The van der Waals surface area contributed by atoms with Gasteiger partial charge in [-0.1, -0.05) is 0 Å². The van der Waals surface area contributed by atoms with Gasteiger partial charge in [0.15, 0.2) is 0 Å². The molecule has 0 unspecified atom stereocenters. The molecule has 0 aliphatic carbocycles. The van der Waals surface area contributed by atoms with Crippen molar-refractivity contribution in [3.63, 3.8) is 0 Å². The molecule has 0 rings (SSSR count). The van der Waals surface area contributed by atoms with Crippen LogP contribution in [0.4, 0.5) is 0 Å². The number of ether oxygens (including phenoxy) is 3. The Balaban J connectivity index is 4.09. The van der Waals surface area contributed by atoms with Gasteiger partial charge in [0.25, 0.3) is 0 Å². The molecule has 64 valence electrons. The van der Waals surface area contributed by atoms with Crippen LogP contribution in [0.3, 0.4) is 0 Å². The van der Waals surface area contributed by atoms with Gasteiger partial charge in [0.1, 0.15) is 6.26 Å². The second-order valence-corrected chi connectivity index (χ2v) is 1.64. The van der Waals surface area contributed by atoms with Gasteiger partial charge in [0.05, 0.1) is 20.8 Å². The van der Waals surface area contributed by atoms with E-state index in [1.165, 1.54) is 20.5 Å². The maximum atomic E-state index is 10.8. The molecular formula is C7H12O4. The monoisotopic (exact) mass is 160 g/mol. The third-order valence-electron chi connectivity index (χ3n) is 0.911. The Kier molecular flexibility index (Phi) is 4.98. The van der Waals surface area contributed by atoms with Crippen molar-refractivity contribution in [1.29, 1.82) is 0 Å². The zero-order chi connectivity index (χ0) is 8.69. The van der Waals surface area contributed by atoms with Gasteiger partial charge >= 0.3 is 5.97 Å². The molecule has 0 amide bonds. The molecule has 0 radical (unpaired) electrons. The fourth-order valence-corrected chi connectivity index (χ4v) is 0.504. The van der Waals surface area contributed by atoms with E-state index in [-0.39, 0.29) is 5.76 Å². The summed E-state index contributed by atoms with van der Waals surface area (Å²) in [6, 6.07) is 0. The third-order valence-corrected chi connectivity index (χ3v) is 0.911. The minimum absolute atomic E-state index is 0.0810. The number of carbonyl (C=O) groups is 1. The molecule has 4 heteroatoms. The quantitative estimate of drug-likeness (QED) is 0.344. The number of esters is 1. The van der Waals surface area contributed by atoms with Crippen LogP contribution in [0, 0.1) is 0 Å². The minimum atomic E-state index is -0.534. The lowest BCUT2D eigenvalue weighted by molar-refractivity contribution is -0.140. The van der Waals surface area contributed by atoms with Gasteiger partial charge in [-0.15, -0.1) is 0 Å². The molecule has 0 N–H and O–H groups in total. The lowest BCUT2D eigenvalue weighted by atomic mass is 10.5. The van der Waals surface area contributed by atoms with Crippen LogP contribution in [-0.4, -0.2) is 26.8 Å². The molecule has 0 aromatic carbocycles. The molecule has 0 aromatic rings. The van der Waals surface area contributed by atoms with Crippen molar-refractivity contribution in [2.75, 3.05) is 20.8 Å². The molecule has 0 heterocycles. The summed E-state index contributed by atoms with van der Waals surface area (Å²) in [6.07, 6.45) is 1.20. The number of rotatable bonds is 4. The standard InChI is InChI=1S/C7H12O4/c1-4-11-6(5-9-2)7(8)10-3/h5H,4H2,1-3H3. The zero-order valence-electron chi connectivity index (χ0n) is 6.92. The molecule has 0 bridgehead atoms. The summed E-state index contributed by atoms with van der Waals surface area (Å²) in [5.74, 6) is -0.453. The highest BCUT2D eigenvalue weighted by atomic mass is 16.6. The maximum Gasteiger partial charge on any atom is 0.376 e. The van der Waals surface area contributed by atoms with Gasteiger partial charge in [0, 0.05) is 0 Å². The predicted octanol–water partition coefficient (Wildman–Crippen LogP) is 0.684. The van der Waals surface area contributed by atoms with Crippen molar-refractivity contribution in [3.8, 4) is 0 Å². The molecular weight excluding hydrogens is 148 g/mol. The second-order valence-electron chi connectivity index (χ2n) is 1.64. The second kappa shape index (κ2) is 5.58. The lowest BCUT2D eigenvalue weighted by Crippen LogP contribution is -2.08. The third kappa shape index (κ3) is 3.50. The van der Waals surface area contributed by atoms with E-state index in [0.717, 1.165) is 0 Å². The zero-order valence-corrected chi connectivity index (χ0v) is 6.92. The van der Waals surface area contributed by atoms with E-state index >= 15 is 0 Å². The summed E-state index contributed by atoms with van der Waals surface area (Å²) in [6.45, 7) is 2.18. The Bertz CT molecular complexity index is 151. The van der Waals surface area contributed by atoms with E-state index in [1.54, 1.807) is 6.92 Å². The highest BCUT2D eigenvalue weighted by molar-refractivity contribution is 5.85. The Morgan fingerprint density at radius 3 is 2.45 bits per heavy atom.